The maximum Gasteiger partial charge on any atom is 0.166 e. The van der Waals surface area contributed by atoms with Gasteiger partial charge in [-0.15, -0.1) is 0 Å². The van der Waals surface area contributed by atoms with Crippen LogP contribution >= 0.6 is 0 Å². The zero-order chi connectivity index (χ0) is 12.7. The molecule has 1 aromatic rings. The molecular weight excluding hydrogens is 220 g/mol. The van der Waals surface area contributed by atoms with Crippen molar-refractivity contribution >= 4 is 5.57 Å². The highest BCUT2D eigenvalue weighted by molar-refractivity contribution is 5.64. The van der Waals surface area contributed by atoms with Crippen molar-refractivity contribution in [3.05, 3.63) is 41.5 Å². The van der Waals surface area contributed by atoms with Crippen LogP contribution in [0.3, 0.4) is 0 Å². The Bertz CT molecular complexity index is 386. The topological polar surface area (TPSA) is 12.0 Å². The number of halogens is 2. The van der Waals surface area contributed by atoms with E-state index in [1.54, 1.807) is 13.0 Å². The fraction of sp³-hybridized carbons (Fsp3) is 0.429. The summed E-state index contributed by atoms with van der Waals surface area (Å²) in [7, 11) is 0. The van der Waals surface area contributed by atoms with Gasteiger partial charge in [0.05, 0.1) is 0 Å². The monoisotopic (exact) mass is 239 g/mol. The third kappa shape index (κ3) is 4.27. The Morgan fingerprint density at radius 2 is 2.06 bits per heavy atom. The summed E-state index contributed by atoms with van der Waals surface area (Å²) in [6.07, 6.45) is 3.85. The minimum Gasteiger partial charge on any atom is -0.316 e. The van der Waals surface area contributed by atoms with Crippen molar-refractivity contribution in [1.82, 2.24) is 5.32 Å². The van der Waals surface area contributed by atoms with Gasteiger partial charge in [-0.05, 0) is 44.5 Å². The minimum absolute atomic E-state index is 0.348. The predicted molar refractivity (Wildman–Crippen MR) is 67.8 cm³/mol. The Labute approximate surface area is 102 Å². The Morgan fingerprint density at radius 1 is 1.29 bits per heavy atom. The number of rotatable bonds is 6. The van der Waals surface area contributed by atoms with Crippen LogP contribution in [0.1, 0.15) is 32.3 Å². The molecule has 0 saturated heterocycles. The summed E-state index contributed by atoms with van der Waals surface area (Å²) in [5, 5.41) is 3.26. The van der Waals surface area contributed by atoms with Crippen molar-refractivity contribution in [3.63, 3.8) is 0 Å². The lowest BCUT2D eigenvalue weighted by Crippen LogP contribution is -2.15. The second-order valence-corrected chi connectivity index (χ2v) is 4.03. The van der Waals surface area contributed by atoms with Gasteiger partial charge >= 0.3 is 0 Å². The van der Waals surface area contributed by atoms with Crippen molar-refractivity contribution in [2.24, 2.45) is 0 Å². The van der Waals surface area contributed by atoms with Gasteiger partial charge < -0.3 is 5.32 Å². The van der Waals surface area contributed by atoms with Crippen LogP contribution in [-0.2, 0) is 0 Å². The first-order valence-electron chi connectivity index (χ1n) is 5.98. The highest BCUT2D eigenvalue weighted by atomic mass is 19.2. The van der Waals surface area contributed by atoms with Crippen molar-refractivity contribution < 1.29 is 8.78 Å². The predicted octanol–water partition coefficient (Wildman–Crippen LogP) is 3.76. The molecule has 0 aliphatic rings. The van der Waals surface area contributed by atoms with E-state index >= 15 is 0 Å². The summed E-state index contributed by atoms with van der Waals surface area (Å²) in [6.45, 7) is 5.76. The maximum absolute atomic E-state index is 13.5. The van der Waals surface area contributed by atoms with Gasteiger partial charge in [0.2, 0.25) is 0 Å². The number of allylic oxidation sites excluding steroid dienone is 1. The van der Waals surface area contributed by atoms with E-state index in [1.165, 1.54) is 6.07 Å². The fourth-order valence-corrected chi connectivity index (χ4v) is 1.61. The quantitative estimate of drug-likeness (QED) is 0.745. The molecule has 0 fully saturated rings. The van der Waals surface area contributed by atoms with Crippen LogP contribution in [0.2, 0.25) is 0 Å². The normalized spacial score (nSPS) is 11.9. The molecule has 3 heteroatoms. The molecule has 0 unspecified atom stereocenters. The maximum atomic E-state index is 13.5. The van der Waals surface area contributed by atoms with Crippen molar-refractivity contribution in [1.29, 1.82) is 0 Å². The molecular formula is C14H19F2N. The van der Waals surface area contributed by atoms with Crippen LogP contribution in [0.4, 0.5) is 8.78 Å². The van der Waals surface area contributed by atoms with Crippen LogP contribution in [0.15, 0.2) is 24.3 Å². The standard InChI is InChI=1S/C14H19F2N/c1-3-9-17-10-5-6-11(2)12-7-4-8-13(15)14(12)16/h4,6-8,17H,3,5,9-10H2,1-2H3. The molecule has 0 atom stereocenters. The average Bonchev–Trinajstić information content (AvgIpc) is 2.32. The van der Waals surface area contributed by atoms with Crippen LogP contribution in [0.25, 0.3) is 5.57 Å². The summed E-state index contributed by atoms with van der Waals surface area (Å²) >= 11 is 0. The van der Waals surface area contributed by atoms with Crippen LogP contribution in [0, 0.1) is 11.6 Å². The largest absolute Gasteiger partial charge is 0.316 e. The van der Waals surface area contributed by atoms with E-state index in [1.807, 2.05) is 6.08 Å². The zero-order valence-corrected chi connectivity index (χ0v) is 10.4. The smallest absolute Gasteiger partial charge is 0.166 e. The number of hydrogen-bond acceptors (Lipinski definition) is 1. The van der Waals surface area contributed by atoms with E-state index in [-0.39, 0.29) is 0 Å². The van der Waals surface area contributed by atoms with Crippen molar-refractivity contribution in [2.75, 3.05) is 13.1 Å². The molecule has 0 spiro atoms. The van der Waals surface area contributed by atoms with E-state index in [2.05, 4.69) is 12.2 Å². The second kappa shape index (κ2) is 7.17. The van der Waals surface area contributed by atoms with E-state index in [0.717, 1.165) is 37.6 Å². The Kier molecular flexibility index (Phi) is 5.84. The lowest BCUT2D eigenvalue weighted by Gasteiger charge is -2.05. The number of nitrogens with one attached hydrogen (secondary N) is 1. The molecule has 0 aliphatic carbocycles. The lowest BCUT2D eigenvalue weighted by atomic mass is 10.1. The zero-order valence-electron chi connectivity index (χ0n) is 10.4. The minimum atomic E-state index is -0.792. The van der Waals surface area contributed by atoms with Crippen LogP contribution in [0.5, 0.6) is 0 Å². The molecule has 0 aliphatic heterocycles. The third-order valence-corrected chi connectivity index (χ3v) is 2.57. The molecule has 1 nitrogen and oxygen atoms in total. The molecule has 1 rings (SSSR count). The summed E-state index contributed by atoms with van der Waals surface area (Å²) in [6, 6.07) is 4.26. The summed E-state index contributed by atoms with van der Waals surface area (Å²) in [4.78, 5) is 0. The van der Waals surface area contributed by atoms with E-state index in [0.29, 0.717) is 5.56 Å². The molecule has 17 heavy (non-hydrogen) atoms. The van der Waals surface area contributed by atoms with Gasteiger partial charge in [0, 0.05) is 5.56 Å². The average molecular weight is 239 g/mol. The van der Waals surface area contributed by atoms with Gasteiger partial charge in [0.15, 0.2) is 11.6 Å². The molecule has 0 bridgehead atoms. The molecule has 0 heterocycles. The highest BCUT2D eigenvalue weighted by Crippen LogP contribution is 2.20. The Hall–Kier alpha value is -1.22. The van der Waals surface area contributed by atoms with E-state index in [9.17, 15) is 8.78 Å². The van der Waals surface area contributed by atoms with Gasteiger partial charge in [-0.2, -0.15) is 0 Å². The summed E-state index contributed by atoms with van der Waals surface area (Å²) < 4.78 is 26.5. The highest BCUT2D eigenvalue weighted by Gasteiger charge is 2.08. The summed E-state index contributed by atoms with van der Waals surface area (Å²) in [5.41, 5.74) is 1.13. The fourth-order valence-electron chi connectivity index (χ4n) is 1.61. The first-order chi connectivity index (χ1) is 8.16. The SMILES string of the molecule is CCCNCCC=C(C)c1cccc(F)c1F. The number of hydrogen-bond donors (Lipinski definition) is 1. The van der Waals surface area contributed by atoms with Gasteiger partial charge in [-0.1, -0.05) is 25.1 Å². The van der Waals surface area contributed by atoms with Crippen LogP contribution in [-0.4, -0.2) is 13.1 Å². The first-order valence-corrected chi connectivity index (χ1v) is 5.98. The second-order valence-electron chi connectivity index (χ2n) is 4.03. The molecule has 0 saturated carbocycles. The molecule has 1 aromatic carbocycles. The van der Waals surface area contributed by atoms with Crippen molar-refractivity contribution in [2.45, 2.75) is 26.7 Å². The van der Waals surface area contributed by atoms with Gasteiger partial charge in [0.1, 0.15) is 0 Å². The first kappa shape index (κ1) is 13.8. The van der Waals surface area contributed by atoms with E-state index < -0.39 is 11.6 Å². The molecule has 0 radical (unpaired) electrons. The van der Waals surface area contributed by atoms with Crippen LogP contribution < -0.4 is 5.32 Å². The van der Waals surface area contributed by atoms with Gasteiger partial charge in [-0.3, -0.25) is 0 Å². The van der Waals surface area contributed by atoms with Crippen molar-refractivity contribution in [3.8, 4) is 0 Å². The third-order valence-electron chi connectivity index (χ3n) is 2.57. The molecule has 0 amide bonds. The van der Waals surface area contributed by atoms with E-state index in [4.69, 9.17) is 0 Å². The lowest BCUT2D eigenvalue weighted by molar-refractivity contribution is 0.506. The molecule has 94 valence electrons. The Balaban J connectivity index is 2.59. The Morgan fingerprint density at radius 3 is 2.76 bits per heavy atom. The van der Waals surface area contributed by atoms with Gasteiger partial charge in [-0.25, -0.2) is 8.78 Å². The molecule has 0 aromatic heterocycles. The van der Waals surface area contributed by atoms with Gasteiger partial charge in [0.25, 0.3) is 0 Å². The molecule has 1 N–H and O–H groups in total. The number of benzene rings is 1. The summed E-state index contributed by atoms with van der Waals surface area (Å²) in [5.74, 6) is -1.55.